The average molecular weight is 262 g/mol. The summed E-state index contributed by atoms with van der Waals surface area (Å²) >= 11 is 0. The molecule has 0 aliphatic rings. The Hall–Kier alpha value is -0.813. The highest BCUT2D eigenvalue weighted by Crippen LogP contribution is 2.21. The molecule has 0 aromatic heterocycles. The molecule has 1 aromatic rings. The van der Waals surface area contributed by atoms with Crippen LogP contribution in [-0.4, -0.2) is 15.4 Å². The standard InChI is InChI=1S/C12H17F3OSi/c1-4-17-16-12(2,3)7-8-5-10(14)11(15)6-9(8)13/h5-6H,4,7,17H2,1-3H3. The topological polar surface area (TPSA) is 9.23 Å². The first kappa shape index (κ1) is 14.2. The van der Waals surface area contributed by atoms with Gasteiger partial charge in [-0.25, -0.2) is 13.2 Å². The number of halogens is 3. The fourth-order valence-electron chi connectivity index (χ4n) is 1.59. The van der Waals surface area contributed by atoms with Gasteiger partial charge in [-0.1, -0.05) is 6.92 Å². The second-order valence-electron chi connectivity index (χ2n) is 4.64. The molecule has 0 amide bonds. The summed E-state index contributed by atoms with van der Waals surface area (Å²) < 4.78 is 44.9. The Balaban J connectivity index is 2.84. The minimum Gasteiger partial charge on any atom is -0.419 e. The summed E-state index contributed by atoms with van der Waals surface area (Å²) in [5.74, 6) is -2.91. The zero-order chi connectivity index (χ0) is 13.1. The van der Waals surface area contributed by atoms with Crippen LogP contribution in [0.3, 0.4) is 0 Å². The van der Waals surface area contributed by atoms with Gasteiger partial charge < -0.3 is 4.43 Å². The van der Waals surface area contributed by atoms with E-state index in [4.69, 9.17) is 4.43 Å². The summed E-state index contributed by atoms with van der Waals surface area (Å²) in [5, 5.41) is 0. The van der Waals surface area contributed by atoms with Crippen LogP contribution in [0, 0.1) is 17.5 Å². The van der Waals surface area contributed by atoms with Crippen LogP contribution in [0.5, 0.6) is 0 Å². The van der Waals surface area contributed by atoms with Crippen molar-refractivity contribution in [3.63, 3.8) is 0 Å². The molecule has 0 bridgehead atoms. The molecule has 0 atom stereocenters. The second kappa shape index (κ2) is 5.69. The molecule has 96 valence electrons. The van der Waals surface area contributed by atoms with Gasteiger partial charge in [-0.05, 0) is 31.5 Å². The minimum absolute atomic E-state index is 0.152. The fourth-order valence-corrected chi connectivity index (χ4v) is 2.45. The molecule has 1 aromatic carbocycles. The van der Waals surface area contributed by atoms with E-state index in [1.165, 1.54) is 0 Å². The summed E-state index contributed by atoms with van der Waals surface area (Å²) in [5.41, 5.74) is -0.383. The Morgan fingerprint density at radius 3 is 2.29 bits per heavy atom. The van der Waals surface area contributed by atoms with Crippen LogP contribution < -0.4 is 0 Å². The maximum atomic E-state index is 13.4. The number of hydrogen-bond donors (Lipinski definition) is 0. The monoisotopic (exact) mass is 262 g/mol. The van der Waals surface area contributed by atoms with Crippen LogP contribution in [0.2, 0.25) is 6.04 Å². The molecule has 0 unspecified atom stereocenters. The molecule has 0 N–H and O–H groups in total. The SMILES string of the molecule is CC[SiH2]OC(C)(C)Cc1cc(F)c(F)cc1F. The van der Waals surface area contributed by atoms with Crippen LogP contribution >= 0.6 is 0 Å². The summed E-state index contributed by atoms with van der Waals surface area (Å²) in [6.07, 6.45) is 0.239. The van der Waals surface area contributed by atoms with Crippen LogP contribution in [-0.2, 0) is 10.8 Å². The van der Waals surface area contributed by atoms with E-state index in [0.29, 0.717) is 6.07 Å². The molecule has 0 spiro atoms. The molecule has 0 saturated heterocycles. The smallest absolute Gasteiger partial charge is 0.162 e. The van der Waals surface area contributed by atoms with E-state index in [-0.39, 0.29) is 12.0 Å². The molecular formula is C12H17F3OSi. The van der Waals surface area contributed by atoms with Gasteiger partial charge in [-0.2, -0.15) is 0 Å². The van der Waals surface area contributed by atoms with Crippen molar-refractivity contribution in [3.05, 3.63) is 35.1 Å². The first-order valence-electron chi connectivity index (χ1n) is 5.63. The number of rotatable bonds is 5. The van der Waals surface area contributed by atoms with E-state index in [1.54, 1.807) is 0 Å². The van der Waals surface area contributed by atoms with E-state index < -0.39 is 32.8 Å². The lowest BCUT2D eigenvalue weighted by Gasteiger charge is -2.26. The lowest BCUT2D eigenvalue weighted by Crippen LogP contribution is -2.29. The van der Waals surface area contributed by atoms with Crippen molar-refractivity contribution in [2.24, 2.45) is 0 Å². The highest BCUT2D eigenvalue weighted by molar-refractivity contribution is 6.27. The zero-order valence-electron chi connectivity index (χ0n) is 10.3. The normalized spacial score (nSPS) is 12.6. The van der Waals surface area contributed by atoms with E-state index in [2.05, 4.69) is 0 Å². The molecular weight excluding hydrogens is 245 g/mol. The first-order chi connectivity index (χ1) is 7.85. The van der Waals surface area contributed by atoms with Gasteiger partial charge in [0.2, 0.25) is 0 Å². The summed E-state index contributed by atoms with van der Waals surface area (Å²) in [7, 11) is -0.618. The molecule has 1 rings (SSSR count). The van der Waals surface area contributed by atoms with Gasteiger partial charge >= 0.3 is 0 Å². The van der Waals surface area contributed by atoms with Gasteiger partial charge in [0.15, 0.2) is 21.4 Å². The van der Waals surface area contributed by atoms with Crippen molar-refractivity contribution in [1.82, 2.24) is 0 Å². The highest BCUT2D eigenvalue weighted by atomic mass is 28.2. The first-order valence-corrected chi connectivity index (χ1v) is 7.21. The van der Waals surface area contributed by atoms with Crippen molar-refractivity contribution in [1.29, 1.82) is 0 Å². The van der Waals surface area contributed by atoms with Gasteiger partial charge in [-0.3, -0.25) is 0 Å². The van der Waals surface area contributed by atoms with Crippen molar-refractivity contribution in [2.75, 3.05) is 0 Å². The average Bonchev–Trinajstić information content (AvgIpc) is 2.23. The third-order valence-corrected chi connectivity index (χ3v) is 3.80. The van der Waals surface area contributed by atoms with Crippen LogP contribution in [0.4, 0.5) is 13.2 Å². The van der Waals surface area contributed by atoms with Crippen LogP contribution in [0.1, 0.15) is 26.3 Å². The van der Waals surface area contributed by atoms with E-state index >= 15 is 0 Å². The van der Waals surface area contributed by atoms with Crippen LogP contribution in [0.25, 0.3) is 0 Å². The maximum absolute atomic E-state index is 13.4. The lowest BCUT2D eigenvalue weighted by atomic mass is 9.98. The molecule has 5 heteroatoms. The van der Waals surface area contributed by atoms with Crippen LogP contribution in [0.15, 0.2) is 12.1 Å². The lowest BCUT2D eigenvalue weighted by molar-refractivity contribution is 0.115. The zero-order valence-corrected chi connectivity index (χ0v) is 11.7. The second-order valence-corrected chi connectivity index (χ2v) is 6.34. The van der Waals surface area contributed by atoms with E-state index in [0.717, 1.165) is 12.1 Å². The molecule has 0 saturated carbocycles. The van der Waals surface area contributed by atoms with Gasteiger partial charge in [0.25, 0.3) is 0 Å². The molecule has 0 aliphatic heterocycles. The van der Waals surface area contributed by atoms with E-state index in [9.17, 15) is 13.2 Å². The fraction of sp³-hybridized carbons (Fsp3) is 0.500. The largest absolute Gasteiger partial charge is 0.419 e. The molecule has 17 heavy (non-hydrogen) atoms. The number of benzene rings is 1. The Morgan fingerprint density at radius 1 is 1.12 bits per heavy atom. The molecule has 0 fully saturated rings. The van der Waals surface area contributed by atoms with Crippen molar-refractivity contribution in [3.8, 4) is 0 Å². The number of hydrogen-bond acceptors (Lipinski definition) is 1. The Labute approximate surface area is 102 Å². The summed E-state index contributed by atoms with van der Waals surface area (Å²) in [4.78, 5) is 0. The predicted molar refractivity (Wildman–Crippen MR) is 64.2 cm³/mol. The maximum Gasteiger partial charge on any atom is 0.162 e. The Morgan fingerprint density at radius 2 is 1.71 bits per heavy atom. The molecule has 0 heterocycles. The summed E-state index contributed by atoms with van der Waals surface area (Å²) in [6, 6.07) is 2.48. The van der Waals surface area contributed by atoms with Gasteiger partial charge in [0.1, 0.15) is 5.82 Å². The minimum atomic E-state index is -1.16. The van der Waals surface area contributed by atoms with Gasteiger partial charge in [-0.15, -0.1) is 0 Å². The van der Waals surface area contributed by atoms with E-state index in [1.807, 2.05) is 20.8 Å². The predicted octanol–water partition coefficient (Wildman–Crippen LogP) is 2.96. The van der Waals surface area contributed by atoms with Gasteiger partial charge in [0.05, 0.1) is 5.60 Å². The Kier molecular flexibility index (Phi) is 4.77. The van der Waals surface area contributed by atoms with Gasteiger partial charge in [0, 0.05) is 12.5 Å². The quantitative estimate of drug-likeness (QED) is 0.585. The van der Waals surface area contributed by atoms with Crippen molar-refractivity contribution < 1.29 is 17.6 Å². The Bertz CT molecular complexity index is 394. The van der Waals surface area contributed by atoms with Crippen molar-refractivity contribution >= 4 is 9.76 Å². The third-order valence-electron chi connectivity index (χ3n) is 2.40. The van der Waals surface area contributed by atoms with Crippen molar-refractivity contribution in [2.45, 2.75) is 38.8 Å². The highest BCUT2D eigenvalue weighted by Gasteiger charge is 2.21. The molecule has 0 radical (unpaired) electrons. The molecule has 1 nitrogen and oxygen atoms in total. The third kappa shape index (κ3) is 4.16. The molecule has 0 aliphatic carbocycles. The summed E-state index contributed by atoms with van der Waals surface area (Å²) in [6.45, 7) is 5.69.